The summed E-state index contributed by atoms with van der Waals surface area (Å²) < 4.78 is 0. The van der Waals surface area contributed by atoms with Gasteiger partial charge < -0.3 is 5.32 Å². The molecule has 0 radical (unpaired) electrons. The average Bonchev–Trinajstić information content (AvgIpc) is 2.45. The van der Waals surface area contributed by atoms with Crippen LogP contribution in [0.5, 0.6) is 0 Å². The minimum Gasteiger partial charge on any atom is -0.388 e. The van der Waals surface area contributed by atoms with Crippen LogP contribution in [-0.4, -0.2) is 7.05 Å². The molecule has 0 atom stereocenters. The topological polar surface area (TPSA) is 12.0 Å². The molecule has 0 heterocycles. The van der Waals surface area contributed by atoms with Gasteiger partial charge in [0.15, 0.2) is 0 Å². The maximum Gasteiger partial charge on any atom is 0.0411 e. The van der Waals surface area contributed by atoms with Crippen molar-refractivity contribution in [2.75, 3.05) is 12.4 Å². The van der Waals surface area contributed by atoms with Crippen LogP contribution in [0.25, 0.3) is 11.6 Å². The summed E-state index contributed by atoms with van der Waals surface area (Å²) in [4.78, 5) is 0. The van der Waals surface area contributed by atoms with Gasteiger partial charge in [-0.1, -0.05) is 61.2 Å². The molecule has 0 spiro atoms. The monoisotopic (exact) mass is 249 g/mol. The molecular formula is C18H19N. The molecule has 0 unspecified atom stereocenters. The van der Waals surface area contributed by atoms with E-state index in [0.717, 1.165) is 11.3 Å². The zero-order valence-electron chi connectivity index (χ0n) is 11.5. The number of hydrogen-bond acceptors (Lipinski definition) is 1. The van der Waals surface area contributed by atoms with Gasteiger partial charge in [0, 0.05) is 12.7 Å². The van der Waals surface area contributed by atoms with Crippen LogP contribution in [0.2, 0.25) is 0 Å². The highest BCUT2D eigenvalue weighted by atomic mass is 14.8. The maximum absolute atomic E-state index is 4.15. The fourth-order valence-corrected chi connectivity index (χ4v) is 2.08. The summed E-state index contributed by atoms with van der Waals surface area (Å²) in [5.74, 6) is 0. The average molecular weight is 249 g/mol. The number of allylic oxidation sites excluding steroid dienone is 2. The largest absolute Gasteiger partial charge is 0.388 e. The van der Waals surface area contributed by atoms with Gasteiger partial charge >= 0.3 is 0 Å². The van der Waals surface area contributed by atoms with Crippen molar-refractivity contribution in [1.82, 2.24) is 0 Å². The van der Waals surface area contributed by atoms with Crippen molar-refractivity contribution >= 4 is 17.3 Å². The quantitative estimate of drug-likeness (QED) is 0.770. The molecule has 0 bridgehead atoms. The van der Waals surface area contributed by atoms with E-state index in [1.54, 1.807) is 0 Å². The van der Waals surface area contributed by atoms with E-state index >= 15 is 0 Å². The fraction of sp³-hybridized carbons (Fsp3) is 0.111. The predicted octanol–water partition coefficient (Wildman–Crippen LogP) is 4.76. The van der Waals surface area contributed by atoms with Crippen molar-refractivity contribution < 1.29 is 0 Å². The van der Waals surface area contributed by atoms with Crippen LogP contribution in [-0.2, 0) is 0 Å². The Balaban J connectivity index is 2.24. The lowest BCUT2D eigenvalue weighted by Gasteiger charge is -2.06. The summed E-state index contributed by atoms with van der Waals surface area (Å²) in [7, 11) is 1.93. The molecule has 96 valence electrons. The summed E-state index contributed by atoms with van der Waals surface area (Å²) >= 11 is 0. The summed E-state index contributed by atoms with van der Waals surface area (Å²) in [6, 6.07) is 16.5. The Labute approximate surface area is 115 Å². The highest BCUT2D eigenvalue weighted by Gasteiger charge is 1.99. The molecule has 1 nitrogen and oxygen atoms in total. The third-order valence-corrected chi connectivity index (χ3v) is 3.19. The number of anilines is 1. The first-order valence-corrected chi connectivity index (χ1v) is 6.42. The van der Waals surface area contributed by atoms with Gasteiger partial charge in [-0.15, -0.1) is 0 Å². The van der Waals surface area contributed by atoms with Crippen LogP contribution in [0, 0.1) is 6.92 Å². The summed E-state index contributed by atoms with van der Waals surface area (Å²) in [6.07, 6.45) is 4.17. The molecular weight excluding hydrogens is 230 g/mol. The van der Waals surface area contributed by atoms with Crippen molar-refractivity contribution in [2.45, 2.75) is 6.92 Å². The van der Waals surface area contributed by atoms with Gasteiger partial charge in [0.25, 0.3) is 0 Å². The second-order valence-electron chi connectivity index (χ2n) is 4.51. The zero-order chi connectivity index (χ0) is 13.7. The molecule has 2 aromatic rings. The van der Waals surface area contributed by atoms with E-state index < -0.39 is 0 Å². The first kappa shape index (κ1) is 13.2. The van der Waals surface area contributed by atoms with Crippen molar-refractivity contribution in [3.8, 4) is 0 Å². The normalized spacial score (nSPS) is 10.6. The highest BCUT2D eigenvalue weighted by molar-refractivity contribution is 5.80. The Morgan fingerprint density at radius 2 is 1.74 bits per heavy atom. The lowest BCUT2D eigenvalue weighted by Crippen LogP contribution is -1.90. The van der Waals surface area contributed by atoms with E-state index in [2.05, 4.69) is 55.2 Å². The Kier molecular flexibility index (Phi) is 4.19. The first-order valence-electron chi connectivity index (χ1n) is 6.42. The Hall–Kier alpha value is -2.28. The molecule has 19 heavy (non-hydrogen) atoms. The van der Waals surface area contributed by atoms with E-state index in [9.17, 15) is 0 Å². The summed E-state index contributed by atoms with van der Waals surface area (Å²) in [5.41, 5.74) is 5.76. The second kappa shape index (κ2) is 6.05. The smallest absolute Gasteiger partial charge is 0.0411 e. The highest BCUT2D eigenvalue weighted by Crippen LogP contribution is 2.21. The molecule has 0 aliphatic rings. The van der Waals surface area contributed by atoms with Gasteiger partial charge in [-0.2, -0.15) is 0 Å². The SMILES string of the molecule is C=C(/C=C\c1ccccc1NC)c1ccccc1C. The van der Waals surface area contributed by atoms with Gasteiger partial charge in [0.05, 0.1) is 0 Å². The van der Waals surface area contributed by atoms with Gasteiger partial charge in [-0.25, -0.2) is 0 Å². The number of hydrogen-bond donors (Lipinski definition) is 1. The first-order chi connectivity index (χ1) is 9.22. The van der Waals surface area contributed by atoms with E-state index in [-0.39, 0.29) is 0 Å². The molecule has 0 aliphatic heterocycles. The molecule has 0 saturated heterocycles. The fourth-order valence-electron chi connectivity index (χ4n) is 2.08. The zero-order valence-corrected chi connectivity index (χ0v) is 11.5. The van der Waals surface area contributed by atoms with Crippen molar-refractivity contribution in [2.24, 2.45) is 0 Å². The minimum atomic E-state index is 1.03. The van der Waals surface area contributed by atoms with Gasteiger partial charge in [0.2, 0.25) is 0 Å². The van der Waals surface area contributed by atoms with Gasteiger partial charge in [-0.3, -0.25) is 0 Å². The van der Waals surface area contributed by atoms with Crippen molar-refractivity contribution in [1.29, 1.82) is 0 Å². The Bertz CT molecular complexity index is 609. The molecule has 0 saturated carbocycles. The standard InChI is InChI=1S/C18H19N/c1-14-8-4-6-10-17(14)15(2)12-13-16-9-5-7-11-18(16)19-3/h4-13,19H,2H2,1,3H3/b13-12-. The predicted molar refractivity (Wildman–Crippen MR) is 85.2 cm³/mol. The number of aryl methyl sites for hydroxylation is 1. The molecule has 0 aliphatic carbocycles. The van der Waals surface area contributed by atoms with Crippen LogP contribution in [0.15, 0.2) is 61.2 Å². The third kappa shape index (κ3) is 3.14. The second-order valence-corrected chi connectivity index (χ2v) is 4.51. The lowest BCUT2D eigenvalue weighted by molar-refractivity contribution is 1.43. The summed E-state index contributed by atoms with van der Waals surface area (Å²) in [6.45, 7) is 6.26. The van der Waals surface area contributed by atoms with Crippen LogP contribution in [0.1, 0.15) is 16.7 Å². The number of rotatable bonds is 4. The maximum atomic E-state index is 4.15. The van der Waals surface area contributed by atoms with Crippen LogP contribution >= 0.6 is 0 Å². The van der Waals surface area contributed by atoms with Crippen LogP contribution in [0.4, 0.5) is 5.69 Å². The third-order valence-electron chi connectivity index (χ3n) is 3.19. The molecule has 1 heteroatoms. The Morgan fingerprint density at radius 1 is 1.05 bits per heavy atom. The number of para-hydroxylation sites is 1. The van der Waals surface area contributed by atoms with Crippen molar-refractivity contribution in [3.63, 3.8) is 0 Å². The van der Waals surface area contributed by atoms with Gasteiger partial charge in [-0.05, 0) is 35.3 Å². The minimum absolute atomic E-state index is 1.03. The molecule has 0 amide bonds. The summed E-state index contributed by atoms with van der Waals surface area (Å²) in [5, 5.41) is 3.19. The Morgan fingerprint density at radius 3 is 2.47 bits per heavy atom. The van der Waals surface area contributed by atoms with Gasteiger partial charge in [0.1, 0.15) is 0 Å². The van der Waals surface area contributed by atoms with E-state index in [1.165, 1.54) is 16.7 Å². The lowest BCUT2D eigenvalue weighted by atomic mass is 10.0. The molecule has 2 aromatic carbocycles. The molecule has 0 fully saturated rings. The molecule has 1 N–H and O–H groups in total. The van der Waals surface area contributed by atoms with E-state index in [0.29, 0.717) is 0 Å². The van der Waals surface area contributed by atoms with E-state index in [1.807, 2.05) is 31.3 Å². The molecule has 2 rings (SSSR count). The molecule has 0 aromatic heterocycles. The number of benzene rings is 2. The number of nitrogens with one attached hydrogen (secondary N) is 1. The van der Waals surface area contributed by atoms with Crippen molar-refractivity contribution in [3.05, 3.63) is 77.9 Å². The van der Waals surface area contributed by atoms with Crippen LogP contribution in [0.3, 0.4) is 0 Å². The van der Waals surface area contributed by atoms with Crippen LogP contribution < -0.4 is 5.32 Å². The van der Waals surface area contributed by atoms with E-state index in [4.69, 9.17) is 0 Å².